The van der Waals surface area contributed by atoms with Crippen LogP contribution in [0.5, 0.6) is 0 Å². The zero-order chi connectivity index (χ0) is 25.4. The van der Waals surface area contributed by atoms with Gasteiger partial charge >= 0.3 is 0 Å². The molecule has 192 valence electrons. The Kier molecular flexibility index (Phi) is 11.4. The van der Waals surface area contributed by atoms with Gasteiger partial charge in [-0.1, -0.05) is 121 Å². The van der Waals surface area contributed by atoms with E-state index in [1.165, 1.54) is 0 Å². The molecule has 0 amide bonds. The van der Waals surface area contributed by atoms with Crippen molar-refractivity contribution in [2.75, 3.05) is 0 Å². The highest BCUT2D eigenvalue weighted by Crippen LogP contribution is 2.18. The second kappa shape index (κ2) is 15.7. The lowest BCUT2D eigenvalue weighted by molar-refractivity contribution is -0.175. The molecule has 0 fully saturated rings. The Morgan fingerprint density at radius 3 is 0.838 bits per heavy atom. The molecule has 37 heavy (non-hydrogen) atoms. The minimum absolute atomic E-state index is 0.315. The first kappa shape index (κ1) is 26.8. The number of benzene rings is 4. The van der Waals surface area contributed by atoms with Crippen LogP contribution in [0.2, 0.25) is 0 Å². The van der Waals surface area contributed by atoms with Gasteiger partial charge in [0.05, 0.1) is 26.4 Å². The first-order valence-electron chi connectivity index (χ1n) is 13.0. The second-order valence-corrected chi connectivity index (χ2v) is 8.98. The Morgan fingerprint density at radius 1 is 0.351 bits per heavy atom. The van der Waals surface area contributed by atoms with Crippen LogP contribution in [-0.2, 0) is 45.4 Å². The summed E-state index contributed by atoms with van der Waals surface area (Å²) in [6, 6.07) is 40.8. The fourth-order valence-electron chi connectivity index (χ4n) is 3.93. The lowest BCUT2D eigenvalue weighted by atomic mass is 10.2. The third-order valence-corrected chi connectivity index (χ3v) is 5.99. The molecule has 0 radical (unpaired) electrons. The molecule has 0 saturated heterocycles. The summed E-state index contributed by atoms with van der Waals surface area (Å²) >= 11 is 0. The maximum atomic E-state index is 6.19. The Hall–Kier alpha value is -3.28. The summed E-state index contributed by atoms with van der Waals surface area (Å²) in [5.41, 5.74) is 4.52. The number of rotatable bonds is 16. The van der Waals surface area contributed by atoms with E-state index in [1.807, 2.05) is 72.8 Å². The predicted octanol–water partition coefficient (Wildman–Crippen LogP) is 7.68. The van der Waals surface area contributed by atoms with E-state index in [1.54, 1.807) is 0 Å². The van der Waals surface area contributed by atoms with Crippen LogP contribution < -0.4 is 0 Å². The van der Waals surface area contributed by atoms with E-state index in [0.717, 1.165) is 41.5 Å². The smallest absolute Gasteiger partial charge is 0.158 e. The molecule has 4 nitrogen and oxygen atoms in total. The maximum absolute atomic E-state index is 6.19. The number of hydrogen-bond donors (Lipinski definition) is 0. The molecule has 0 aliphatic heterocycles. The van der Waals surface area contributed by atoms with E-state index in [-0.39, 0.29) is 12.6 Å². The standard InChI is InChI=1S/C33H36O4/c1-5-14-28(15-6-1)24-34-32(35-25-29-16-7-2-8-17-29)22-13-23-33(36-26-30-18-9-3-10-19-30)37-27-31-20-11-4-12-21-31/h1-12,14-21,32-33H,13,22-27H2. The SMILES string of the molecule is c1ccc(COC(CCCC(OCc2ccccc2)OCc2ccccc2)OCc2ccccc2)cc1. The third-order valence-electron chi connectivity index (χ3n) is 5.99. The van der Waals surface area contributed by atoms with E-state index in [2.05, 4.69) is 48.5 Å². The van der Waals surface area contributed by atoms with E-state index in [4.69, 9.17) is 18.9 Å². The monoisotopic (exact) mass is 496 g/mol. The zero-order valence-electron chi connectivity index (χ0n) is 21.3. The first-order chi connectivity index (χ1) is 18.3. The van der Waals surface area contributed by atoms with Crippen molar-refractivity contribution >= 4 is 0 Å². The summed E-state index contributed by atoms with van der Waals surface area (Å²) in [6.07, 6.45) is 1.72. The summed E-state index contributed by atoms with van der Waals surface area (Å²) in [4.78, 5) is 0. The van der Waals surface area contributed by atoms with Crippen LogP contribution >= 0.6 is 0 Å². The molecular weight excluding hydrogens is 460 g/mol. The Bertz CT molecular complexity index is 926. The summed E-state index contributed by atoms with van der Waals surface area (Å²) < 4.78 is 24.7. The van der Waals surface area contributed by atoms with Crippen LogP contribution in [0.25, 0.3) is 0 Å². The van der Waals surface area contributed by atoms with Crippen LogP contribution in [0.3, 0.4) is 0 Å². The molecule has 0 spiro atoms. The zero-order valence-corrected chi connectivity index (χ0v) is 21.3. The van der Waals surface area contributed by atoms with E-state index < -0.39 is 0 Å². The minimum Gasteiger partial charge on any atom is -0.348 e. The van der Waals surface area contributed by atoms with Gasteiger partial charge < -0.3 is 18.9 Å². The van der Waals surface area contributed by atoms with E-state index >= 15 is 0 Å². The Balaban J connectivity index is 1.31. The summed E-state index contributed by atoms with van der Waals surface area (Å²) in [5, 5.41) is 0. The average Bonchev–Trinajstić information content (AvgIpc) is 2.97. The molecule has 0 atom stereocenters. The third kappa shape index (κ3) is 10.3. The molecule has 0 N–H and O–H groups in total. The summed E-state index contributed by atoms with van der Waals surface area (Å²) in [5.74, 6) is 0. The van der Waals surface area contributed by atoms with Crippen LogP contribution in [0.4, 0.5) is 0 Å². The van der Waals surface area contributed by atoms with Gasteiger partial charge in [-0.25, -0.2) is 0 Å². The normalized spacial score (nSPS) is 11.3. The molecule has 4 heteroatoms. The van der Waals surface area contributed by atoms with Crippen molar-refractivity contribution in [1.82, 2.24) is 0 Å². The van der Waals surface area contributed by atoms with Crippen molar-refractivity contribution in [2.24, 2.45) is 0 Å². The van der Waals surface area contributed by atoms with Crippen molar-refractivity contribution in [2.45, 2.75) is 58.3 Å². The molecule has 0 bridgehead atoms. The average molecular weight is 497 g/mol. The largest absolute Gasteiger partial charge is 0.348 e. The molecule has 4 rings (SSSR count). The van der Waals surface area contributed by atoms with Crippen LogP contribution in [-0.4, -0.2) is 12.6 Å². The fourth-order valence-corrected chi connectivity index (χ4v) is 3.93. The molecule has 0 unspecified atom stereocenters. The van der Waals surface area contributed by atoms with Gasteiger partial charge in [-0.2, -0.15) is 0 Å². The Morgan fingerprint density at radius 2 is 0.595 bits per heavy atom. The van der Waals surface area contributed by atoms with Gasteiger partial charge in [0.1, 0.15) is 0 Å². The first-order valence-corrected chi connectivity index (χ1v) is 13.0. The topological polar surface area (TPSA) is 36.9 Å². The molecule has 4 aromatic rings. The van der Waals surface area contributed by atoms with Crippen molar-refractivity contribution in [3.05, 3.63) is 144 Å². The van der Waals surface area contributed by atoms with Gasteiger partial charge in [0.2, 0.25) is 0 Å². The number of ether oxygens (including phenoxy) is 4. The predicted molar refractivity (Wildman–Crippen MR) is 146 cm³/mol. The van der Waals surface area contributed by atoms with Gasteiger partial charge in [0.25, 0.3) is 0 Å². The van der Waals surface area contributed by atoms with Gasteiger partial charge in [-0.05, 0) is 41.5 Å². The highest BCUT2D eigenvalue weighted by molar-refractivity contribution is 5.15. The quantitative estimate of drug-likeness (QED) is 0.149. The van der Waals surface area contributed by atoms with Gasteiger partial charge in [0.15, 0.2) is 12.6 Å². The molecule has 0 aromatic heterocycles. The second-order valence-electron chi connectivity index (χ2n) is 8.98. The molecule has 4 aromatic carbocycles. The Labute approximate surface area is 220 Å². The van der Waals surface area contributed by atoms with Crippen molar-refractivity contribution in [3.8, 4) is 0 Å². The van der Waals surface area contributed by atoms with Crippen molar-refractivity contribution in [1.29, 1.82) is 0 Å². The van der Waals surface area contributed by atoms with E-state index in [9.17, 15) is 0 Å². The highest BCUT2D eigenvalue weighted by atomic mass is 16.7. The molecule has 0 saturated carbocycles. The van der Waals surface area contributed by atoms with Crippen LogP contribution in [0.1, 0.15) is 41.5 Å². The lowest BCUT2D eigenvalue weighted by Gasteiger charge is -2.22. The minimum atomic E-state index is -0.315. The molecular formula is C33H36O4. The lowest BCUT2D eigenvalue weighted by Crippen LogP contribution is -2.21. The van der Waals surface area contributed by atoms with Crippen molar-refractivity contribution < 1.29 is 18.9 Å². The molecule has 0 aliphatic carbocycles. The summed E-state index contributed by atoms with van der Waals surface area (Å²) in [6.45, 7) is 2.05. The summed E-state index contributed by atoms with van der Waals surface area (Å²) in [7, 11) is 0. The highest BCUT2D eigenvalue weighted by Gasteiger charge is 2.15. The molecule has 0 aliphatic rings. The van der Waals surface area contributed by atoms with Crippen LogP contribution in [0.15, 0.2) is 121 Å². The van der Waals surface area contributed by atoms with Crippen LogP contribution in [0, 0.1) is 0 Å². The molecule has 0 heterocycles. The van der Waals surface area contributed by atoms with Gasteiger partial charge in [-0.3, -0.25) is 0 Å². The van der Waals surface area contributed by atoms with Crippen molar-refractivity contribution in [3.63, 3.8) is 0 Å². The van der Waals surface area contributed by atoms with Gasteiger partial charge in [-0.15, -0.1) is 0 Å². The maximum Gasteiger partial charge on any atom is 0.158 e. The van der Waals surface area contributed by atoms with Gasteiger partial charge in [0, 0.05) is 0 Å². The van der Waals surface area contributed by atoms with E-state index in [0.29, 0.717) is 26.4 Å². The fraction of sp³-hybridized carbons (Fsp3) is 0.273. The number of hydrogen-bond acceptors (Lipinski definition) is 4.